The fourth-order valence-electron chi connectivity index (χ4n) is 5.64. The number of rotatable bonds is 12. The van der Waals surface area contributed by atoms with Crippen LogP contribution in [0.2, 0.25) is 5.02 Å². The van der Waals surface area contributed by atoms with Gasteiger partial charge in [0.1, 0.15) is 17.5 Å². The molecule has 2 heterocycles. The fraction of sp³-hybridized carbons (Fsp3) is 0.158. The third kappa shape index (κ3) is 7.57. The first-order chi connectivity index (χ1) is 22.9. The zero-order valence-electron chi connectivity index (χ0n) is 25.9. The molecule has 8 nitrogen and oxygen atoms in total. The topological polar surface area (TPSA) is 127 Å². The smallest absolute Gasteiger partial charge is 0.259 e. The van der Waals surface area contributed by atoms with Crippen LogP contribution in [0.15, 0.2) is 115 Å². The molecule has 0 spiro atoms. The number of imidazole rings is 1. The van der Waals surface area contributed by atoms with Gasteiger partial charge < -0.3 is 16.0 Å². The molecule has 6 rings (SSSR count). The third-order valence-electron chi connectivity index (χ3n) is 8.28. The molecule has 1 amide bonds. The quantitative estimate of drug-likeness (QED) is 0.101. The Morgan fingerprint density at radius 2 is 1.45 bits per heavy atom. The van der Waals surface area contributed by atoms with Gasteiger partial charge in [-0.3, -0.25) is 15.1 Å². The van der Waals surface area contributed by atoms with E-state index in [1.165, 1.54) is 5.56 Å². The lowest BCUT2D eigenvalue weighted by molar-refractivity contribution is 0.0984. The minimum Gasteiger partial charge on any atom is -0.384 e. The number of hydrogen-bond acceptors (Lipinski definition) is 5. The normalized spacial score (nSPS) is 11.1. The Hall–Kier alpha value is -5.31. The molecule has 0 aliphatic heterocycles. The molecule has 0 aliphatic carbocycles. The molecule has 0 unspecified atom stereocenters. The van der Waals surface area contributed by atoms with Crippen LogP contribution in [-0.4, -0.2) is 26.3 Å². The van der Waals surface area contributed by atoms with E-state index in [1.54, 1.807) is 11.1 Å². The van der Waals surface area contributed by atoms with E-state index in [0.717, 1.165) is 52.9 Å². The van der Waals surface area contributed by atoms with Crippen LogP contribution in [0.3, 0.4) is 0 Å². The van der Waals surface area contributed by atoms with Crippen molar-refractivity contribution < 1.29 is 4.79 Å². The molecule has 236 valence electrons. The Morgan fingerprint density at radius 1 is 0.787 bits per heavy atom. The van der Waals surface area contributed by atoms with Gasteiger partial charge in [0.25, 0.3) is 5.91 Å². The molecule has 0 bridgehead atoms. The highest BCUT2D eigenvalue weighted by Gasteiger charge is 2.21. The molecule has 0 saturated heterocycles. The number of anilines is 1. The number of carbonyl (C=O) groups excluding carboxylic acids is 1. The van der Waals surface area contributed by atoms with Crippen molar-refractivity contribution >= 4 is 40.2 Å². The van der Waals surface area contributed by atoms with E-state index in [2.05, 4.69) is 9.55 Å². The van der Waals surface area contributed by atoms with Crippen LogP contribution in [0.4, 0.5) is 5.82 Å². The molecule has 0 aliphatic rings. The van der Waals surface area contributed by atoms with E-state index < -0.39 is 0 Å². The summed E-state index contributed by atoms with van der Waals surface area (Å²) in [5, 5.41) is 8.39. The maximum absolute atomic E-state index is 14.1. The lowest BCUT2D eigenvalue weighted by Crippen LogP contribution is -2.31. The average molecular weight is 642 g/mol. The zero-order valence-corrected chi connectivity index (χ0v) is 26.7. The minimum atomic E-state index is -0.156. The zero-order chi connectivity index (χ0) is 32.8. The largest absolute Gasteiger partial charge is 0.384 e. The van der Waals surface area contributed by atoms with Gasteiger partial charge in [-0.05, 0) is 77.6 Å². The predicted molar refractivity (Wildman–Crippen MR) is 189 cm³/mol. The predicted octanol–water partition coefficient (Wildman–Crippen LogP) is 6.70. The molecular formula is C38H36ClN7O. The first-order valence-corrected chi connectivity index (χ1v) is 15.9. The van der Waals surface area contributed by atoms with Gasteiger partial charge in [-0.1, -0.05) is 78.3 Å². The second-order valence-corrected chi connectivity index (χ2v) is 11.9. The second-order valence-electron chi connectivity index (χ2n) is 11.5. The van der Waals surface area contributed by atoms with Crippen LogP contribution in [0.5, 0.6) is 0 Å². The van der Waals surface area contributed by atoms with Gasteiger partial charge in [-0.25, -0.2) is 9.97 Å². The Labute approximate surface area is 279 Å². The third-order valence-corrected chi connectivity index (χ3v) is 8.54. The van der Waals surface area contributed by atoms with E-state index >= 15 is 0 Å². The fourth-order valence-corrected chi connectivity index (χ4v) is 5.77. The number of hydrogen-bond donors (Lipinski definition) is 3. The van der Waals surface area contributed by atoms with Gasteiger partial charge in [-0.2, -0.15) is 0 Å². The lowest BCUT2D eigenvalue weighted by Gasteiger charge is -2.22. The van der Waals surface area contributed by atoms with Crippen LogP contribution in [0, 0.1) is 5.41 Å². The number of nitrogen functional groups attached to an aromatic ring is 1. The molecule has 5 N–H and O–H groups in total. The summed E-state index contributed by atoms with van der Waals surface area (Å²) >= 11 is 6.13. The Balaban J connectivity index is 1.31. The van der Waals surface area contributed by atoms with Crippen molar-refractivity contribution in [2.24, 2.45) is 11.5 Å². The molecule has 9 heteroatoms. The summed E-state index contributed by atoms with van der Waals surface area (Å²) < 4.78 is 2.25. The van der Waals surface area contributed by atoms with Gasteiger partial charge in [0.05, 0.1) is 17.6 Å². The minimum absolute atomic E-state index is 0.0528. The summed E-state index contributed by atoms with van der Waals surface area (Å²) in [5.41, 5.74) is 18.7. The Bertz CT molecular complexity index is 1990. The molecule has 6 aromatic rings. The molecule has 0 fully saturated rings. The maximum Gasteiger partial charge on any atom is 0.259 e. The number of nitrogens with zero attached hydrogens (tertiary/aromatic N) is 4. The van der Waals surface area contributed by atoms with E-state index in [-0.39, 0.29) is 11.7 Å². The number of fused-ring (bicyclic) bond motifs is 1. The van der Waals surface area contributed by atoms with Crippen LogP contribution in [0.25, 0.3) is 11.0 Å². The first kappa shape index (κ1) is 31.7. The highest BCUT2D eigenvalue weighted by molar-refractivity contribution is 6.30. The van der Waals surface area contributed by atoms with Gasteiger partial charge in [-0.15, -0.1) is 0 Å². The van der Waals surface area contributed by atoms with Crippen molar-refractivity contribution in [2.45, 2.75) is 38.9 Å². The van der Waals surface area contributed by atoms with Crippen molar-refractivity contribution in [1.82, 2.24) is 14.5 Å². The van der Waals surface area contributed by atoms with E-state index in [9.17, 15) is 4.79 Å². The SMILES string of the molecule is N=C(N)c1ccc(CCc2nc3cc(C(=O)N(Cc4ccc(CN)cc4)c4ccccn4)ccc3n2CCc2ccc(Cl)cc2)cc1. The van der Waals surface area contributed by atoms with Gasteiger partial charge >= 0.3 is 0 Å². The maximum atomic E-state index is 14.1. The highest BCUT2D eigenvalue weighted by atomic mass is 35.5. The van der Waals surface area contributed by atoms with Gasteiger partial charge in [0, 0.05) is 41.9 Å². The Kier molecular flexibility index (Phi) is 9.71. The summed E-state index contributed by atoms with van der Waals surface area (Å²) in [7, 11) is 0. The van der Waals surface area contributed by atoms with Gasteiger partial charge in [0.2, 0.25) is 0 Å². The second kappa shape index (κ2) is 14.4. The van der Waals surface area contributed by atoms with E-state index in [0.29, 0.717) is 41.5 Å². The monoisotopic (exact) mass is 641 g/mol. The Morgan fingerprint density at radius 3 is 2.13 bits per heavy atom. The summed E-state index contributed by atoms with van der Waals surface area (Å²) in [6.07, 6.45) is 3.97. The van der Waals surface area contributed by atoms with E-state index in [1.807, 2.05) is 109 Å². The number of halogens is 1. The summed E-state index contributed by atoms with van der Waals surface area (Å²) in [6.45, 7) is 1.55. The summed E-state index contributed by atoms with van der Waals surface area (Å²) in [5.74, 6) is 1.41. The molecule has 2 aromatic heterocycles. The molecule has 0 saturated carbocycles. The number of aryl methyl sites for hydroxylation is 4. The molecular weight excluding hydrogens is 606 g/mol. The van der Waals surface area contributed by atoms with Crippen LogP contribution in [0.1, 0.15) is 44.0 Å². The number of amidine groups is 1. The highest BCUT2D eigenvalue weighted by Crippen LogP contribution is 2.24. The number of nitrogens with two attached hydrogens (primary N) is 2. The average Bonchev–Trinajstić information content (AvgIpc) is 3.46. The molecule has 4 aromatic carbocycles. The number of benzene rings is 4. The van der Waals surface area contributed by atoms with Crippen molar-refractivity contribution in [1.29, 1.82) is 5.41 Å². The molecule has 47 heavy (non-hydrogen) atoms. The number of nitrogens with one attached hydrogen (secondary N) is 1. The molecule has 0 radical (unpaired) electrons. The number of pyridine rings is 1. The standard InChI is InChI=1S/C38H36ClN7O/c39-32-16-10-27(11-17-32)20-22-45-34-18-15-31(23-33(34)44-36(45)19-12-26-8-13-30(14-9-26)37(41)42)38(47)46(35-3-1-2-21-43-35)25-29-6-4-28(24-40)5-7-29/h1-11,13-18,21,23H,12,19-20,22,24-25,40H2,(H3,41,42). The van der Waals surface area contributed by atoms with Crippen LogP contribution >= 0.6 is 11.6 Å². The first-order valence-electron chi connectivity index (χ1n) is 15.6. The molecule has 0 atom stereocenters. The van der Waals surface area contributed by atoms with Gasteiger partial charge in [0.15, 0.2) is 0 Å². The summed E-state index contributed by atoms with van der Waals surface area (Å²) in [6, 6.07) is 34.9. The number of carbonyl (C=O) groups is 1. The van der Waals surface area contributed by atoms with E-state index in [4.69, 9.17) is 33.5 Å². The van der Waals surface area contributed by atoms with Crippen LogP contribution in [-0.2, 0) is 38.9 Å². The number of amides is 1. The van der Waals surface area contributed by atoms with Crippen molar-refractivity contribution in [3.05, 3.63) is 160 Å². The van der Waals surface area contributed by atoms with Crippen molar-refractivity contribution in [3.63, 3.8) is 0 Å². The lowest BCUT2D eigenvalue weighted by atomic mass is 10.1. The van der Waals surface area contributed by atoms with Crippen LogP contribution < -0.4 is 16.4 Å². The van der Waals surface area contributed by atoms with Crippen molar-refractivity contribution in [2.75, 3.05) is 4.90 Å². The van der Waals surface area contributed by atoms with Crippen molar-refractivity contribution in [3.8, 4) is 0 Å². The summed E-state index contributed by atoms with van der Waals surface area (Å²) in [4.78, 5) is 25.4. The number of aromatic nitrogens is 3.